The maximum absolute atomic E-state index is 11.4. The summed E-state index contributed by atoms with van der Waals surface area (Å²) < 4.78 is -0.291. The molecule has 0 bridgehead atoms. The number of hydrogen-bond acceptors (Lipinski definition) is 3. The van der Waals surface area contributed by atoms with E-state index in [9.17, 15) is 9.59 Å². The van der Waals surface area contributed by atoms with Crippen LogP contribution in [0.2, 0.25) is 0 Å². The van der Waals surface area contributed by atoms with Gasteiger partial charge in [0.2, 0.25) is 0 Å². The van der Waals surface area contributed by atoms with Crippen molar-refractivity contribution in [3.63, 3.8) is 0 Å². The van der Waals surface area contributed by atoms with E-state index in [0.717, 1.165) is 12.8 Å². The van der Waals surface area contributed by atoms with Gasteiger partial charge in [-0.25, -0.2) is 10.2 Å². The summed E-state index contributed by atoms with van der Waals surface area (Å²) in [5, 5.41) is 2.34. The number of thioether (sulfide) groups is 1. The highest BCUT2D eigenvalue weighted by Gasteiger charge is 2.49. The highest BCUT2D eigenvalue weighted by molar-refractivity contribution is 8.01. The average Bonchev–Trinajstić information content (AvgIpc) is 2.94. The van der Waals surface area contributed by atoms with Gasteiger partial charge in [-0.3, -0.25) is 10.2 Å². The van der Waals surface area contributed by atoms with Crippen molar-refractivity contribution < 1.29 is 9.59 Å². The Bertz CT molecular complexity index is 228. The molecule has 0 spiro atoms. The van der Waals surface area contributed by atoms with Gasteiger partial charge in [0.05, 0.1) is 4.75 Å². The van der Waals surface area contributed by atoms with Crippen LogP contribution in [0.3, 0.4) is 0 Å². The maximum atomic E-state index is 11.4. The Labute approximate surface area is 81.0 Å². The van der Waals surface area contributed by atoms with Crippen molar-refractivity contribution in [2.45, 2.75) is 17.6 Å². The standard InChI is InChI=1S/C7H13N3O2S/c1-8-6(12)10-9-5(11)7(13-2)3-4-7/h3-4H2,1-2H3,(H,9,11)(H2,8,10,12). The fraction of sp³-hybridized carbons (Fsp3) is 0.714. The van der Waals surface area contributed by atoms with Crippen molar-refractivity contribution in [3.8, 4) is 0 Å². The number of rotatable bonds is 2. The Morgan fingerprint density at radius 1 is 1.31 bits per heavy atom. The second-order valence-corrected chi connectivity index (χ2v) is 4.05. The highest BCUT2D eigenvalue weighted by Crippen LogP contribution is 2.47. The van der Waals surface area contributed by atoms with Gasteiger partial charge in [-0.1, -0.05) is 0 Å². The normalized spacial score (nSPS) is 17.4. The van der Waals surface area contributed by atoms with E-state index in [0.29, 0.717) is 0 Å². The van der Waals surface area contributed by atoms with Crippen LogP contribution in [0.1, 0.15) is 12.8 Å². The zero-order valence-corrected chi connectivity index (χ0v) is 8.46. The molecular weight excluding hydrogens is 190 g/mol. The summed E-state index contributed by atoms with van der Waals surface area (Å²) in [7, 11) is 1.49. The van der Waals surface area contributed by atoms with Crippen LogP contribution < -0.4 is 16.2 Å². The van der Waals surface area contributed by atoms with Gasteiger partial charge >= 0.3 is 6.03 Å². The summed E-state index contributed by atoms with van der Waals surface area (Å²) >= 11 is 1.52. The first-order valence-electron chi connectivity index (χ1n) is 3.98. The molecule has 3 N–H and O–H groups in total. The van der Waals surface area contributed by atoms with Gasteiger partial charge in [0.25, 0.3) is 5.91 Å². The Kier molecular flexibility index (Phi) is 3.02. The molecule has 6 heteroatoms. The minimum absolute atomic E-state index is 0.122. The third-order valence-corrected chi connectivity index (χ3v) is 3.40. The smallest absolute Gasteiger partial charge is 0.333 e. The quantitative estimate of drug-likeness (QED) is 0.546. The highest BCUT2D eigenvalue weighted by atomic mass is 32.2. The first-order chi connectivity index (χ1) is 6.14. The Hall–Kier alpha value is -0.910. The van der Waals surface area contributed by atoms with Crippen LogP contribution in [0.5, 0.6) is 0 Å². The third kappa shape index (κ3) is 2.27. The van der Waals surface area contributed by atoms with Crippen molar-refractivity contribution in [1.82, 2.24) is 16.2 Å². The van der Waals surface area contributed by atoms with E-state index >= 15 is 0 Å². The van der Waals surface area contributed by atoms with Crippen LogP contribution in [0.4, 0.5) is 4.79 Å². The summed E-state index contributed by atoms with van der Waals surface area (Å²) in [4.78, 5) is 22.1. The van der Waals surface area contributed by atoms with Gasteiger partial charge in [0, 0.05) is 7.05 Å². The molecule has 1 fully saturated rings. The summed E-state index contributed by atoms with van der Waals surface area (Å²) in [5.74, 6) is -0.122. The van der Waals surface area contributed by atoms with Crippen molar-refractivity contribution in [2.24, 2.45) is 0 Å². The van der Waals surface area contributed by atoms with E-state index in [1.807, 2.05) is 6.26 Å². The lowest BCUT2D eigenvalue weighted by molar-refractivity contribution is -0.121. The SMILES string of the molecule is CNC(=O)NNC(=O)C1(SC)CC1. The predicted molar refractivity (Wildman–Crippen MR) is 51.2 cm³/mol. The lowest BCUT2D eigenvalue weighted by Crippen LogP contribution is -2.49. The zero-order chi connectivity index (χ0) is 9.90. The minimum atomic E-state index is -0.412. The van der Waals surface area contributed by atoms with Crippen LogP contribution in [0, 0.1) is 0 Å². The van der Waals surface area contributed by atoms with Gasteiger partial charge in [0.1, 0.15) is 0 Å². The average molecular weight is 203 g/mol. The number of carbonyl (C=O) groups excluding carboxylic acids is 2. The first-order valence-corrected chi connectivity index (χ1v) is 5.20. The summed E-state index contributed by atoms with van der Waals surface area (Å²) in [6.45, 7) is 0. The fourth-order valence-corrected chi connectivity index (χ4v) is 1.67. The maximum Gasteiger partial charge on any atom is 0.333 e. The molecule has 0 atom stereocenters. The van der Waals surface area contributed by atoms with E-state index in [1.165, 1.54) is 18.8 Å². The van der Waals surface area contributed by atoms with Gasteiger partial charge in [-0.2, -0.15) is 0 Å². The second kappa shape index (κ2) is 3.87. The van der Waals surface area contributed by atoms with Crippen LogP contribution in [-0.2, 0) is 4.79 Å². The molecule has 1 aliphatic rings. The molecule has 0 heterocycles. The van der Waals surface area contributed by atoms with Gasteiger partial charge in [-0.15, -0.1) is 11.8 Å². The molecule has 0 radical (unpaired) electrons. The molecule has 74 valence electrons. The molecule has 3 amide bonds. The zero-order valence-electron chi connectivity index (χ0n) is 7.64. The molecule has 0 aromatic carbocycles. The van der Waals surface area contributed by atoms with Crippen molar-refractivity contribution in [3.05, 3.63) is 0 Å². The largest absolute Gasteiger partial charge is 0.340 e. The van der Waals surface area contributed by atoms with Crippen molar-refractivity contribution in [2.75, 3.05) is 13.3 Å². The summed E-state index contributed by atoms with van der Waals surface area (Å²) in [5.41, 5.74) is 4.61. The van der Waals surface area contributed by atoms with Crippen molar-refractivity contribution >= 4 is 23.7 Å². The summed E-state index contributed by atoms with van der Waals surface area (Å²) in [6.07, 6.45) is 3.66. The molecule has 1 saturated carbocycles. The fourth-order valence-electron chi connectivity index (χ4n) is 0.927. The predicted octanol–water partition coefficient (Wildman–Crippen LogP) is -0.158. The molecule has 5 nitrogen and oxygen atoms in total. The Morgan fingerprint density at radius 3 is 2.31 bits per heavy atom. The third-order valence-electron chi connectivity index (χ3n) is 2.03. The molecular formula is C7H13N3O2S. The van der Waals surface area contributed by atoms with Crippen molar-refractivity contribution in [1.29, 1.82) is 0 Å². The number of amides is 3. The van der Waals surface area contributed by atoms with Gasteiger partial charge in [0.15, 0.2) is 0 Å². The number of hydrazine groups is 1. The van der Waals surface area contributed by atoms with Gasteiger partial charge in [-0.05, 0) is 19.1 Å². The molecule has 0 aromatic rings. The Balaban J connectivity index is 2.30. The van der Waals surface area contributed by atoms with Gasteiger partial charge < -0.3 is 5.32 Å². The second-order valence-electron chi connectivity index (χ2n) is 2.86. The molecule has 0 aromatic heterocycles. The van der Waals surface area contributed by atoms with E-state index in [4.69, 9.17) is 0 Å². The first kappa shape index (κ1) is 10.2. The number of nitrogens with one attached hydrogen (secondary N) is 3. The molecule has 0 unspecified atom stereocenters. The lowest BCUT2D eigenvalue weighted by Gasteiger charge is -2.12. The minimum Gasteiger partial charge on any atom is -0.340 e. The topological polar surface area (TPSA) is 70.2 Å². The molecule has 1 rings (SSSR count). The van der Waals surface area contributed by atoms with E-state index in [-0.39, 0.29) is 10.7 Å². The van der Waals surface area contributed by atoms with E-state index < -0.39 is 6.03 Å². The number of urea groups is 1. The van der Waals surface area contributed by atoms with Crippen LogP contribution in [0.25, 0.3) is 0 Å². The number of hydrogen-bond donors (Lipinski definition) is 3. The van der Waals surface area contributed by atoms with Crippen LogP contribution in [0.15, 0.2) is 0 Å². The summed E-state index contributed by atoms with van der Waals surface area (Å²) in [6, 6.07) is -0.412. The van der Waals surface area contributed by atoms with E-state index in [1.54, 1.807) is 0 Å². The molecule has 1 aliphatic carbocycles. The van der Waals surface area contributed by atoms with E-state index in [2.05, 4.69) is 16.2 Å². The van der Waals surface area contributed by atoms with Crippen LogP contribution >= 0.6 is 11.8 Å². The number of carbonyl (C=O) groups is 2. The van der Waals surface area contributed by atoms with Crippen LogP contribution in [-0.4, -0.2) is 30.0 Å². The molecule has 0 aliphatic heterocycles. The molecule has 13 heavy (non-hydrogen) atoms. The molecule has 0 saturated heterocycles. The monoisotopic (exact) mass is 203 g/mol. The Morgan fingerprint density at radius 2 is 1.92 bits per heavy atom. The lowest BCUT2D eigenvalue weighted by atomic mass is 10.4.